The molecule has 0 aromatic rings. The van der Waals surface area contributed by atoms with Crippen molar-refractivity contribution in [2.75, 3.05) is 13.2 Å². The fourth-order valence-electron chi connectivity index (χ4n) is 3.06. The Labute approximate surface area is 110 Å². The first kappa shape index (κ1) is 13.9. The van der Waals surface area contributed by atoms with Crippen molar-refractivity contribution in [2.24, 2.45) is 11.8 Å². The Hall–Kier alpha value is -0.570. The second-order valence-electron chi connectivity index (χ2n) is 5.76. The molecule has 0 N–H and O–H groups in total. The van der Waals surface area contributed by atoms with Gasteiger partial charge in [-0.25, -0.2) is 4.79 Å². The van der Waals surface area contributed by atoms with E-state index >= 15 is 0 Å². The molecule has 0 radical (unpaired) electrons. The van der Waals surface area contributed by atoms with E-state index in [-0.39, 0.29) is 12.1 Å². The lowest BCUT2D eigenvalue weighted by atomic mass is 9.98. The third-order valence-corrected chi connectivity index (χ3v) is 4.22. The highest BCUT2D eigenvalue weighted by Gasteiger charge is 2.47. The molecule has 0 amide bonds. The highest BCUT2D eigenvalue weighted by molar-refractivity contribution is 5.87. The lowest BCUT2D eigenvalue weighted by Crippen LogP contribution is -2.06. The first-order valence-electron chi connectivity index (χ1n) is 7.59. The lowest BCUT2D eigenvalue weighted by Gasteiger charge is -2.09. The van der Waals surface area contributed by atoms with Gasteiger partial charge in [0.1, 0.15) is 0 Å². The third kappa shape index (κ3) is 4.27. The average molecular weight is 254 g/mol. The maximum Gasteiger partial charge on any atom is 0.348 e. The van der Waals surface area contributed by atoms with E-state index in [1.54, 1.807) is 0 Å². The van der Waals surface area contributed by atoms with Gasteiger partial charge in [-0.2, -0.15) is 0 Å². The van der Waals surface area contributed by atoms with Crippen molar-refractivity contribution in [3.8, 4) is 0 Å². The van der Waals surface area contributed by atoms with Crippen LogP contribution < -0.4 is 0 Å². The molecule has 0 spiro atoms. The van der Waals surface area contributed by atoms with Crippen LogP contribution in [-0.4, -0.2) is 25.3 Å². The average Bonchev–Trinajstić information content (AvgIpc) is 2.91. The summed E-state index contributed by atoms with van der Waals surface area (Å²) in [5.41, 5.74) is 0. The van der Waals surface area contributed by atoms with Crippen molar-refractivity contribution in [2.45, 2.75) is 64.4 Å². The second-order valence-corrected chi connectivity index (χ2v) is 5.76. The number of ether oxygens (including phenoxy) is 2. The minimum absolute atomic E-state index is 0.0275. The molecule has 1 aliphatic heterocycles. The summed E-state index contributed by atoms with van der Waals surface area (Å²) in [7, 11) is 0. The summed E-state index contributed by atoms with van der Waals surface area (Å²) in [4.78, 5) is 10.9. The lowest BCUT2D eigenvalue weighted by molar-refractivity contribution is -0.117. The molecule has 3 nitrogen and oxygen atoms in total. The van der Waals surface area contributed by atoms with E-state index in [1.165, 1.54) is 51.4 Å². The minimum atomic E-state index is -0.0275. The SMILES string of the molecule is CCCCCOCCCC1CCC(C2OC2=O)C1. The van der Waals surface area contributed by atoms with Crippen LogP contribution in [-0.2, 0) is 14.3 Å². The Kier molecular flexibility index (Phi) is 5.48. The van der Waals surface area contributed by atoms with Gasteiger partial charge in [0.15, 0.2) is 0 Å². The van der Waals surface area contributed by atoms with Crippen LogP contribution >= 0.6 is 0 Å². The monoisotopic (exact) mass is 254 g/mol. The Bertz CT molecular complexity index is 264. The standard InChI is InChI=1S/C15H26O3/c1-2-3-4-9-17-10-5-6-12-7-8-13(11-12)14-15(16)18-14/h12-14H,2-11H2,1H3. The van der Waals surface area contributed by atoms with Gasteiger partial charge in [0.2, 0.25) is 6.10 Å². The maximum atomic E-state index is 10.9. The fourth-order valence-corrected chi connectivity index (χ4v) is 3.06. The third-order valence-electron chi connectivity index (χ3n) is 4.22. The van der Waals surface area contributed by atoms with Crippen LogP contribution in [0, 0.1) is 11.8 Å². The van der Waals surface area contributed by atoms with Gasteiger partial charge in [0.25, 0.3) is 0 Å². The van der Waals surface area contributed by atoms with E-state index in [9.17, 15) is 4.79 Å². The van der Waals surface area contributed by atoms with Crippen LogP contribution in [0.5, 0.6) is 0 Å². The molecule has 2 fully saturated rings. The van der Waals surface area contributed by atoms with Crippen LogP contribution in [0.15, 0.2) is 0 Å². The van der Waals surface area contributed by atoms with E-state index in [0.717, 1.165) is 19.1 Å². The number of epoxide rings is 1. The summed E-state index contributed by atoms with van der Waals surface area (Å²) >= 11 is 0. The zero-order valence-electron chi connectivity index (χ0n) is 11.5. The number of carbonyl (C=O) groups excluding carboxylic acids is 1. The number of unbranched alkanes of at least 4 members (excludes halogenated alkanes) is 2. The van der Waals surface area contributed by atoms with E-state index in [0.29, 0.717) is 5.92 Å². The second kappa shape index (κ2) is 7.13. The van der Waals surface area contributed by atoms with Crippen LogP contribution in [0.25, 0.3) is 0 Å². The first-order valence-corrected chi connectivity index (χ1v) is 7.59. The Morgan fingerprint density at radius 3 is 2.72 bits per heavy atom. The zero-order chi connectivity index (χ0) is 12.8. The van der Waals surface area contributed by atoms with Crippen molar-refractivity contribution in [3.05, 3.63) is 0 Å². The largest absolute Gasteiger partial charge is 0.447 e. The molecule has 104 valence electrons. The number of rotatable bonds is 9. The van der Waals surface area contributed by atoms with Crippen LogP contribution in [0.4, 0.5) is 0 Å². The van der Waals surface area contributed by atoms with Crippen molar-refractivity contribution >= 4 is 5.97 Å². The van der Waals surface area contributed by atoms with E-state index in [1.807, 2.05) is 0 Å². The number of hydrogen-bond donors (Lipinski definition) is 0. The summed E-state index contributed by atoms with van der Waals surface area (Å²) < 4.78 is 10.6. The first-order chi connectivity index (χ1) is 8.81. The molecule has 1 saturated carbocycles. The van der Waals surface area contributed by atoms with Crippen LogP contribution in [0.1, 0.15) is 58.3 Å². The smallest absolute Gasteiger partial charge is 0.348 e. The van der Waals surface area contributed by atoms with Gasteiger partial charge in [-0.3, -0.25) is 0 Å². The van der Waals surface area contributed by atoms with Gasteiger partial charge in [-0.05, 0) is 38.0 Å². The molecule has 0 aromatic carbocycles. The van der Waals surface area contributed by atoms with Gasteiger partial charge in [-0.1, -0.05) is 26.2 Å². The highest BCUT2D eigenvalue weighted by atomic mass is 16.6. The predicted molar refractivity (Wildman–Crippen MR) is 70.3 cm³/mol. The topological polar surface area (TPSA) is 38.8 Å². The molecule has 1 heterocycles. The van der Waals surface area contributed by atoms with Crippen molar-refractivity contribution in [1.82, 2.24) is 0 Å². The van der Waals surface area contributed by atoms with Crippen molar-refractivity contribution in [1.29, 1.82) is 0 Å². The number of carbonyl (C=O) groups is 1. The van der Waals surface area contributed by atoms with Gasteiger partial charge in [-0.15, -0.1) is 0 Å². The quantitative estimate of drug-likeness (QED) is 0.468. The predicted octanol–water partition coefficient (Wildman–Crippen LogP) is 3.32. The number of hydrogen-bond acceptors (Lipinski definition) is 3. The van der Waals surface area contributed by atoms with Crippen LogP contribution in [0.2, 0.25) is 0 Å². The molecule has 18 heavy (non-hydrogen) atoms. The summed E-state index contributed by atoms with van der Waals surface area (Å²) in [5.74, 6) is 1.35. The van der Waals surface area contributed by atoms with E-state index in [4.69, 9.17) is 9.47 Å². The molecule has 3 atom stereocenters. The molecule has 2 aliphatic rings. The normalized spacial score (nSPS) is 30.5. The molecule has 3 unspecified atom stereocenters. The molecule has 1 aliphatic carbocycles. The number of cyclic esters (lactones) is 1. The molecule has 1 saturated heterocycles. The summed E-state index contributed by atoms with van der Waals surface area (Å²) in [6.45, 7) is 4.04. The zero-order valence-corrected chi connectivity index (χ0v) is 11.5. The molecular formula is C15H26O3. The Morgan fingerprint density at radius 1 is 1.22 bits per heavy atom. The van der Waals surface area contributed by atoms with Crippen molar-refractivity contribution in [3.63, 3.8) is 0 Å². The summed E-state index contributed by atoms with van der Waals surface area (Å²) in [6, 6.07) is 0. The summed E-state index contributed by atoms with van der Waals surface area (Å²) in [5, 5.41) is 0. The van der Waals surface area contributed by atoms with Gasteiger partial charge < -0.3 is 9.47 Å². The van der Waals surface area contributed by atoms with Crippen LogP contribution in [0.3, 0.4) is 0 Å². The highest BCUT2D eigenvalue weighted by Crippen LogP contribution is 2.40. The molecule has 3 heteroatoms. The van der Waals surface area contributed by atoms with E-state index in [2.05, 4.69) is 6.92 Å². The molecule has 0 bridgehead atoms. The fraction of sp³-hybridized carbons (Fsp3) is 0.933. The van der Waals surface area contributed by atoms with Gasteiger partial charge in [0.05, 0.1) is 0 Å². The van der Waals surface area contributed by atoms with Crippen molar-refractivity contribution < 1.29 is 14.3 Å². The van der Waals surface area contributed by atoms with Gasteiger partial charge >= 0.3 is 5.97 Å². The minimum Gasteiger partial charge on any atom is -0.447 e. The van der Waals surface area contributed by atoms with Gasteiger partial charge in [0, 0.05) is 19.1 Å². The molecule has 2 rings (SSSR count). The molecular weight excluding hydrogens is 228 g/mol. The molecule has 0 aromatic heterocycles. The summed E-state index contributed by atoms with van der Waals surface area (Å²) in [6.07, 6.45) is 9.77. The Morgan fingerprint density at radius 2 is 2.00 bits per heavy atom. The van der Waals surface area contributed by atoms with E-state index < -0.39 is 0 Å². The maximum absolute atomic E-state index is 10.9. The Balaban J connectivity index is 1.44.